The smallest absolute Gasteiger partial charge is 0.344 e. The summed E-state index contributed by atoms with van der Waals surface area (Å²) in [5, 5.41) is 9.55. The van der Waals surface area contributed by atoms with E-state index >= 15 is 0 Å². The van der Waals surface area contributed by atoms with Crippen LogP contribution in [0.15, 0.2) is 0 Å². The average Bonchev–Trinajstić information content (AvgIpc) is 2.31. The quantitative estimate of drug-likeness (QED) is 0.495. The number of rotatable bonds is 9. The van der Waals surface area contributed by atoms with E-state index in [0.717, 1.165) is 12.8 Å². The first-order chi connectivity index (χ1) is 8.44. The van der Waals surface area contributed by atoms with Crippen LogP contribution in [-0.4, -0.2) is 35.0 Å². The van der Waals surface area contributed by atoms with E-state index in [1.807, 2.05) is 6.92 Å². The van der Waals surface area contributed by atoms with Gasteiger partial charge in [-0.2, -0.15) is 0 Å². The van der Waals surface area contributed by atoms with Gasteiger partial charge in [0.1, 0.15) is 6.10 Å². The van der Waals surface area contributed by atoms with Crippen LogP contribution in [0, 0.1) is 0 Å². The number of carboxylic acids is 1. The van der Waals surface area contributed by atoms with Gasteiger partial charge < -0.3 is 15.2 Å². The standard InChI is InChI=1S/C11H20NO5P/c1-4-6-7-17-9(5-2)11(18-16,10(14)15)12-8(3)13/h9H,4-7H2,1-3H3,(H,12,13)(H,14,15). The predicted octanol–water partition coefficient (Wildman–Crippen LogP) is 1.79. The first kappa shape index (κ1) is 17.0. The van der Waals surface area contributed by atoms with Crippen molar-refractivity contribution in [2.45, 2.75) is 51.4 Å². The van der Waals surface area contributed by atoms with E-state index in [1.54, 1.807) is 6.92 Å². The molecule has 0 rings (SSSR count). The van der Waals surface area contributed by atoms with Gasteiger partial charge in [-0.25, -0.2) is 4.79 Å². The Morgan fingerprint density at radius 2 is 2.06 bits per heavy atom. The van der Waals surface area contributed by atoms with Crippen molar-refractivity contribution in [3.63, 3.8) is 0 Å². The zero-order valence-corrected chi connectivity index (χ0v) is 11.8. The number of hydrogen-bond acceptors (Lipinski definition) is 4. The highest BCUT2D eigenvalue weighted by molar-refractivity contribution is 7.27. The lowest BCUT2D eigenvalue weighted by atomic mass is 10.1. The molecule has 7 heteroatoms. The molecule has 0 aromatic rings. The molecule has 18 heavy (non-hydrogen) atoms. The SMILES string of the molecule is CCCCOC(CC)C(NC(C)=O)(P=O)C(=O)O. The number of amides is 1. The molecule has 0 aromatic heterocycles. The van der Waals surface area contributed by atoms with Crippen molar-refractivity contribution in [1.82, 2.24) is 5.32 Å². The van der Waals surface area contributed by atoms with Crippen LogP contribution in [0.25, 0.3) is 0 Å². The van der Waals surface area contributed by atoms with Gasteiger partial charge in [0.05, 0.1) is 0 Å². The van der Waals surface area contributed by atoms with Crippen molar-refractivity contribution in [2.75, 3.05) is 6.61 Å². The van der Waals surface area contributed by atoms with Crippen LogP contribution in [0.1, 0.15) is 40.0 Å². The summed E-state index contributed by atoms with van der Waals surface area (Å²) in [6.45, 7) is 5.26. The van der Waals surface area contributed by atoms with Gasteiger partial charge in [-0.1, -0.05) is 20.3 Å². The van der Waals surface area contributed by atoms with Crippen molar-refractivity contribution in [2.24, 2.45) is 0 Å². The Kier molecular flexibility index (Phi) is 7.71. The third kappa shape index (κ3) is 4.35. The highest BCUT2D eigenvalue weighted by Crippen LogP contribution is 2.29. The van der Waals surface area contributed by atoms with Crippen molar-refractivity contribution in [1.29, 1.82) is 0 Å². The van der Waals surface area contributed by atoms with Gasteiger partial charge in [-0.05, 0) is 12.8 Å². The lowest BCUT2D eigenvalue weighted by Gasteiger charge is -2.31. The molecule has 0 heterocycles. The summed E-state index contributed by atoms with van der Waals surface area (Å²) in [5.41, 5.74) is 0. The second-order valence-electron chi connectivity index (χ2n) is 3.97. The van der Waals surface area contributed by atoms with Crippen molar-refractivity contribution in [3.05, 3.63) is 0 Å². The van der Waals surface area contributed by atoms with Gasteiger partial charge in [0.25, 0.3) is 0 Å². The average molecular weight is 277 g/mol. The number of carbonyl (C=O) groups excluding carboxylic acids is 1. The molecule has 104 valence electrons. The van der Waals surface area contributed by atoms with Crippen LogP contribution in [0.3, 0.4) is 0 Å². The Morgan fingerprint density at radius 1 is 1.44 bits per heavy atom. The Morgan fingerprint density at radius 3 is 2.39 bits per heavy atom. The maximum Gasteiger partial charge on any atom is 0.344 e. The maximum absolute atomic E-state index is 11.3. The summed E-state index contributed by atoms with van der Waals surface area (Å²) in [4.78, 5) is 22.4. The molecule has 2 unspecified atom stereocenters. The molecule has 0 aliphatic heterocycles. The zero-order valence-electron chi connectivity index (χ0n) is 10.9. The summed E-state index contributed by atoms with van der Waals surface area (Å²) in [6, 6.07) is 0. The molecule has 0 radical (unpaired) electrons. The predicted molar refractivity (Wildman–Crippen MR) is 66.7 cm³/mol. The van der Waals surface area contributed by atoms with Gasteiger partial charge in [-0.3, -0.25) is 9.36 Å². The van der Waals surface area contributed by atoms with E-state index in [4.69, 9.17) is 4.74 Å². The Labute approximate surface area is 108 Å². The minimum Gasteiger partial charge on any atom is -0.479 e. The first-order valence-electron chi connectivity index (χ1n) is 5.92. The molecule has 2 atom stereocenters. The third-order valence-corrected chi connectivity index (χ3v) is 3.37. The fraction of sp³-hybridized carbons (Fsp3) is 0.818. The van der Waals surface area contributed by atoms with Crippen LogP contribution in [0.2, 0.25) is 0 Å². The molecule has 0 aliphatic carbocycles. The topological polar surface area (TPSA) is 92.7 Å². The highest BCUT2D eigenvalue weighted by Gasteiger charge is 2.48. The van der Waals surface area contributed by atoms with Crippen molar-refractivity contribution >= 4 is 20.3 Å². The maximum atomic E-state index is 11.3. The van der Waals surface area contributed by atoms with E-state index in [-0.39, 0.29) is 0 Å². The van der Waals surface area contributed by atoms with E-state index in [1.165, 1.54) is 6.92 Å². The normalized spacial score (nSPS) is 15.9. The summed E-state index contributed by atoms with van der Waals surface area (Å²) in [7, 11) is -0.689. The lowest BCUT2D eigenvalue weighted by Crippen LogP contribution is -2.58. The number of hydrogen-bond donors (Lipinski definition) is 2. The van der Waals surface area contributed by atoms with Crippen LogP contribution in [0.5, 0.6) is 0 Å². The Hall–Kier alpha value is -1.00. The molecule has 0 saturated heterocycles. The molecule has 0 fully saturated rings. The largest absolute Gasteiger partial charge is 0.479 e. The van der Waals surface area contributed by atoms with Gasteiger partial charge in [0.15, 0.2) is 8.46 Å². The van der Waals surface area contributed by atoms with Crippen LogP contribution < -0.4 is 5.32 Å². The molecule has 6 nitrogen and oxygen atoms in total. The fourth-order valence-corrected chi connectivity index (χ4v) is 2.22. The molecule has 0 saturated carbocycles. The summed E-state index contributed by atoms with van der Waals surface area (Å²) < 4.78 is 16.7. The minimum absolute atomic E-state index is 0.339. The Balaban J connectivity index is 5.04. The van der Waals surface area contributed by atoms with Crippen LogP contribution in [0.4, 0.5) is 0 Å². The monoisotopic (exact) mass is 277 g/mol. The Bertz CT molecular complexity index is 310. The lowest BCUT2D eigenvalue weighted by molar-refractivity contribution is -0.149. The van der Waals surface area contributed by atoms with Gasteiger partial charge in [0, 0.05) is 13.5 Å². The number of carbonyl (C=O) groups is 2. The van der Waals surface area contributed by atoms with Crippen LogP contribution in [-0.2, 0) is 18.9 Å². The second-order valence-corrected chi connectivity index (χ2v) is 4.85. The summed E-state index contributed by atoms with van der Waals surface area (Å²) in [5.74, 6) is -1.92. The second kappa shape index (κ2) is 8.16. The summed E-state index contributed by atoms with van der Waals surface area (Å²) in [6.07, 6.45) is 1.20. The van der Waals surface area contributed by atoms with E-state index in [2.05, 4.69) is 5.32 Å². The van der Waals surface area contributed by atoms with E-state index in [9.17, 15) is 19.3 Å². The molecule has 0 spiro atoms. The number of nitrogens with one attached hydrogen (secondary N) is 1. The molecular weight excluding hydrogens is 257 g/mol. The molecule has 0 aromatic carbocycles. The molecule has 0 aliphatic rings. The third-order valence-electron chi connectivity index (χ3n) is 2.49. The zero-order chi connectivity index (χ0) is 14.2. The van der Waals surface area contributed by atoms with Crippen LogP contribution >= 0.6 is 8.46 Å². The van der Waals surface area contributed by atoms with Gasteiger partial charge >= 0.3 is 5.97 Å². The number of aliphatic carboxylic acids is 1. The molecule has 2 N–H and O–H groups in total. The molecule has 1 amide bonds. The van der Waals surface area contributed by atoms with E-state index in [0.29, 0.717) is 13.0 Å². The van der Waals surface area contributed by atoms with Gasteiger partial charge in [-0.15, -0.1) is 0 Å². The van der Waals surface area contributed by atoms with Crippen molar-refractivity contribution < 1.29 is 24.0 Å². The van der Waals surface area contributed by atoms with E-state index < -0.39 is 31.7 Å². The van der Waals surface area contributed by atoms with Gasteiger partial charge in [0.2, 0.25) is 11.2 Å². The first-order valence-corrected chi connectivity index (χ1v) is 6.74. The number of carboxylic acid groups (broad SMARTS) is 1. The summed E-state index contributed by atoms with van der Waals surface area (Å²) >= 11 is 0. The fourth-order valence-electron chi connectivity index (χ4n) is 1.56. The highest BCUT2D eigenvalue weighted by atomic mass is 31.1. The number of ether oxygens (including phenoxy) is 1. The molecule has 0 bridgehead atoms. The molecular formula is C11H20NO5P. The van der Waals surface area contributed by atoms with Crippen molar-refractivity contribution in [3.8, 4) is 0 Å². The minimum atomic E-state index is -1.91. The number of unbranched alkanes of at least 4 members (excludes halogenated alkanes) is 1.